The minimum Gasteiger partial charge on any atom is -0.455 e. The summed E-state index contributed by atoms with van der Waals surface area (Å²) in [5, 5.41) is 0. The Kier molecular flexibility index (Phi) is 4.43. The predicted octanol–water partition coefficient (Wildman–Crippen LogP) is 4.57. The molecule has 0 unspecified atom stereocenters. The van der Waals surface area contributed by atoms with Crippen LogP contribution in [0.25, 0.3) is 0 Å². The Morgan fingerprint density at radius 2 is 1.78 bits per heavy atom. The smallest absolute Gasteiger partial charge is 0.289 e. The third kappa shape index (κ3) is 2.74. The Balaban J connectivity index is 1.68. The van der Waals surface area contributed by atoms with Crippen molar-refractivity contribution in [2.45, 2.75) is 55.9 Å². The fourth-order valence-electron chi connectivity index (χ4n) is 4.22. The number of nitrogens with zero attached hydrogens (tertiary/aromatic N) is 1. The molecule has 126 valence electrons. The first kappa shape index (κ1) is 15.9. The minimum absolute atomic E-state index is 0.127. The van der Waals surface area contributed by atoms with Gasteiger partial charge in [-0.25, -0.2) is 0 Å². The SMILES string of the molecule is Cc1c(C(=O)N2CCCCCC2)oc2c1C1(CCC2)SCCS1. The van der Waals surface area contributed by atoms with Gasteiger partial charge in [-0.15, -0.1) is 23.5 Å². The van der Waals surface area contributed by atoms with E-state index in [1.165, 1.54) is 42.8 Å². The van der Waals surface area contributed by atoms with Crippen molar-refractivity contribution < 1.29 is 9.21 Å². The molecule has 23 heavy (non-hydrogen) atoms. The van der Waals surface area contributed by atoms with Crippen LogP contribution in [0.5, 0.6) is 0 Å². The van der Waals surface area contributed by atoms with E-state index >= 15 is 0 Å². The van der Waals surface area contributed by atoms with Crippen LogP contribution in [0.4, 0.5) is 0 Å². The molecule has 1 aliphatic carbocycles. The maximum Gasteiger partial charge on any atom is 0.289 e. The number of carbonyl (C=O) groups is 1. The molecule has 0 bridgehead atoms. The van der Waals surface area contributed by atoms with Crippen LogP contribution in [0, 0.1) is 6.92 Å². The van der Waals surface area contributed by atoms with Crippen LogP contribution >= 0.6 is 23.5 Å². The van der Waals surface area contributed by atoms with Crippen molar-refractivity contribution in [2.24, 2.45) is 0 Å². The Morgan fingerprint density at radius 1 is 1.09 bits per heavy atom. The number of thioether (sulfide) groups is 2. The molecule has 0 radical (unpaired) electrons. The average Bonchev–Trinajstić information content (AvgIpc) is 3.03. The molecule has 3 nitrogen and oxygen atoms in total. The van der Waals surface area contributed by atoms with Crippen molar-refractivity contribution in [3.05, 3.63) is 22.6 Å². The predicted molar refractivity (Wildman–Crippen MR) is 97.3 cm³/mol. The summed E-state index contributed by atoms with van der Waals surface area (Å²) in [5.74, 6) is 4.27. The van der Waals surface area contributed by atoms with E-state index in [9.17, 15) is 4.79 Å². The third-order valence-electron chi connectivity index (χ3n) is 5.35. The van der Waals surface area contributed by atoms with Crippen molar-refractivity contribution in [3.63, 3.8) is 0 Å². The van der Waals surface area contributed by atoms with E-state index in [2.05, 4.69) is 30.4 Å². The molecule has 1 aromatic rings. The Hall–Kier alpha value is -0.550. The van der Waals surface area contributed by atoms with Crippen LogP contribution in [-0.4, -0.2) is 35.4 Å². The highest BCUT2D eigenvalue weighted by atomic mass is 32.2. The number of furan rings is 1. The van der Waals surface area contributed by atoms with E-state index in [1.807, 2.05) is 4.90 Å². The number of carbonyl (C=O) groups excluding carboxylic acids is 1. The molecule has 3 aliphatic rings. The van der Waals surface area contributed by atoms with Gasteiger partial charge < -0.3 is 9.32 Å². The zero-order chi connectivity index (χ0) is 15.9. The molecule has 3 heterocycles. The highest BCUT2D eigenvalue weighted by Gasteiger charge is 2.45. The molecule has 2 saturated heterocycles. The number of rotatable bonds is 1. The standard InChI is InChI=1S/C18H25NO2S2/c1-13-15-14(7-6-8-18(15)22-11-12-23-18)21-16(13)17(20)19-9-4-2-3-5-10-19/h2-12H2,1H3. The summed E-state index contributed by atoms with van der Waals surface area (Å²) in [4.78, 5) is 15.0. The summed E-state index contributed by atoms with van der Waals surface area (Å²) in [6.07, 6.45) is 8.12. The lowest BCUT2D eigenvalue weighted by molar-refractivity contribution is 0.0726. The van der Waals surface area contributed by atoms with Gasteiger partial charge in [0.2, 0.25) is 0 Å². The zero-order valence-electron chi connectivity index (χ0n) is 13.9. The van der Waals surface area contributed by atoms with Crippen LogP contribution in [0.2, 0.25) is 0 Å². The molecular formula is C18H25NO2S2. The van der Waals surface area contributed by atoms with Gasteiger partial charge in [-0.05, 0) is 32.6 Å². The summed E-state index contributed by atoms with van der Waals surface area (Å²) in [5.41, 5.74) is 2.48. The molecule has 0 N–H and O–H groups in total. The number of hydrogen-bond acceptors (Lipinski definition) is 4. The van der Waals surface area contributed by atoms with Gasteiger partial charge >= 0.3 is 0 Å². The van der Waals surface area contributed by atoms with Crippen LogP contribution < -0.4 is 0 Å². The Morgan fingerprint density at radius 3 is 2.48 bits per heavy atom. The number of aryl methyl sites for hydroxylation is 1. The first-order valence-corrected chi connectivity index (χ1v) is 10.9. The summed E-state index contributed by atoms with van der Waals surface area (Å²) in [7, 11) is 0. The second kappa shape index (κ2) is 6.40. The molecule has 2 fully saturated rings. The van der Waals surface area contributed by atoms with Gasteiger partial charge in [-0.1, -0.05) is 12.8 Å². The highest BCUT2D eigenvalue weighted by molar-refractivity contribution is 8.20. The maximum atomic E-state index is 13.0. The van der Waals surface area contributed by atoms with E-state index in [-0.39, 0.29) is 9.99 Å². The monoisotopic (exact) mass is 351 g/mol. The highest BCUT2D eigenvalue weighted by Crippen LogP contribution is 2.59. The van der Waals surface area contributed by atoms with E-state index in [0.29, 0.717) is 5.76 Å². The second-order valence-corrected chi connectivity index (χ2v) is 9.91. The number of amides is 1. The number of hydrogen-bond donors (Lipinski definition) is 0. The van der Waals surface area contributed by atoms with E-state index in [4.69, 9.17) is 4.42 Å². The van der Waals surface area contributed by atoms with Gasteiger partial charge in [0.1, 0.15) is 5.76 Å². The van der Waals surface area contributed by atoms with Crippen LogP contribution in [-0.2, 0) is 10.5 Å². The molecule has 2 aliphatic heterocycles. The van der Waals surface area contributed by atoms with Crippen LogP contribution in [0.15, 0.2) is 4.42 Å². The summed E-state index contributed by atoms with van der Waals surface area (Å²) in [6.45, 7) is 3.89. The van der Waals surface area contributed by atoms with Gasteiger partial charge in [0.25, 0.3) is 5.91 Å². The average molecular weight is 352 g/mol. The van der Waals surface area contributed by atoms with Gasteiger partial charge in [0, 0.05) is 42.1 Å². The largest absolute Gasteiger partial charge is 0.455 e. The van der Waals surface area contributed by atoms with E-state index in [1.54, 1.807) is 0 Å². The zero-order valence-corrected chi connectivity index (χ0v) is 15.5. The van der Waals surface area contributed by atoms with E-state index in [0.717, 1.165) is 43.7 Å². The lowest BCUT2D eigenvalue weighted by Crippen LogP contribution is -2.32. The lowest BCUT2D eigenvalue weighted by Gasteiger charge is -2.31. The van der Waals surface area contributed by atoms with E-state index < -0.39 is 0 Å². The normalized spacial score (nSPS) is 23.8. The van der Waals surface area contributed by atoms with Crippen molar-refractivity contribution in [1.82, 2.24) is 4.90 Å². The van der Waals surface area contributed by atoms with Crippen molar-refractivity contribution in [3.8, 4) is 0 Å². The van der Waals surface area contributed by atoms with Crippen molar-refractivity contribution in [1.29, 1.82) is 0 Å². The van der Waals surface area contributed by atoms with Crippen LogP contribution in [0.1, 0.15) is 66.0 Å². The molecule has 0 saturated carbocycles. The van der Waals surface area contributed by atoms with Gasteiger partial charge in [-0.2, -0.15) is 0 Å². The summed E-state index contributed by atoms with van der Waals surface area (Å²) >= 11 is 4.13. The fraction of sp³-hybridized carbons (Fsp3) is 0.722. The Labute approximate surface area is 146 Å². The molecule has 1 amide bonds. The summed E-state index contributed by atoms with van der Waals surface area (Å²) in [6, 6.07) is 0. The van der Waals surface area contributed by atoms with Crippen LogP contribution in [0.3, 0.4) is 0 Å². The first-order valence-electron chi connectivity index (χ1n) is 8.91. The lowest BCUT2D eigenvalue weighted by atomic mass is 9.94. The second-order valence-electron chi connectivity index (χ2n) is 6.86. The topological polar surface area (TPSA) is 33.5 Å². The number of fused-ring (bicyclic) bond motifs is 2. The number of likely N-dealkylation sites (tertiary alicyclic amines) is 1. The maximum absolute atomic E-state index is 13.0. The molecule has 5 heteroatoms. The van der Waals surface area contributed by atoms with Gasteiger partial charge in [-0.3, -0.25) is 4.79 Å². The van der Waals surface area contributed by atoms with Crippen molar-refractivity contribution >= 4 is 29.4 Å². The van der Waals surface area contributed by atoms with Gasteiger partial charge in [0.05, 0.1) is 4.08 Å². The Bertz CT molecular complexity index is 596. The molecule has 0 aromatic carbocycles. The first-order chi connectivity index (χ1) is 11.2. The fourth-order valence-corrected chi connectivity index (χ4v) is 7.78. The third-order valence-corrected chi connectivity index (χ3v) is 8.88. The molecule has 1 aromatic heterocycles. The molecular weight excluding hydrogens is 326 g/mol. The summed E-state index contributed by atoms with van der Waals surface area (Å²) < 4.78 is 6.33. The van der Waals surface area contributed by atoms with Gasteiger partial charge in [0.15, 0.2) is 5.76 Å². The molecule has 4 rings (SSSR count). The minimum atomic E-state index is 0.127. The van der Waals surface area contributed by atoms with Crippen molar-refractivity contribution in [2.75, 3.05) is 24.6 Å². The molecule has 0 atom stereocenters. The molecule has 1 spiro atoms. The quantitative estimate of drug-likeness (QED) is 0.742.